The van der Waals surface area contributed by atoms with Gasteiger partial charge in [0.2, 0.25) is 5.91 Å². The number of anilines is 1. The van der Waals surface area contributed by atoms with Crippen LogP contribution in [0.2, 0.25) is 0 Å². The summed E-state index contributed by atoms with van der Waals surface area (Å²) in [7, 11) is 1.52. The van der Waals surface area contributed by atoms with E-state index in [1.54, 1.807) is 48.5 Å². The second-order valence-electron chi connectivity index (χ2n) is 8.73. The fourth-order valence-corrected chi connectivity index (χ4v) is 4.04. The molecule has 0 saturated carbocycles. The first-order valence-corrected chi connectivity index (χ1v) is 11.8. The van der Waals surface area contributed by atoms with Crippen molar-refractivity contribution in [1.82, 2.24) is 10.2 Å². The lowest BCUT2D eigenvalue weighted by atomic mass is 10.00. The third-order valence-corrected chi connectivity index (χ3v) is 6.04. The van der Waals surface area contributed by atoms with Crippen LogP contribution in [0.3, 0.4) is 0 Å². The van der Waals surface area contributed by atoms with Gasteiger partial charge in [-0.25, -0.2) is 9.18 Å². The predicted octanol–water partition coefficient (Wildman–Crippen LogP) is 4.21. The van der Waals surface area contributed by atoms with Crippen LogP contribution >= 0.6 is 0 Å². The minimum atomic E-state index is -0.956. The molecule has 1 saturated heterocycles. The third-order valence-electron chi connectivity index (χ3n) is 6.04. The van der Waals surface area contributed by atoms with Crippen molar-refractivity contribution >= 4 is 23.6 Å². The number of hydrogen-bond acceptors (Lipinski definition) is 5. The number of cyclic esters (lactones) is 1. The molecule has 37 heavy (non-hydrogen) atoms. The number of methoxy groups -OCH3 is 1. The van der Waals surface area contributed by atoms with Crippen molar-refractivity contribution in [2.75, 3.05) is 25.6 Å². The summed E-state index contributed by atoms with van der Waals surface area (Å²) in [6.07, 6.45) is -1.53. The Balaban J connectivity index is 1.53. The van der Waals surface area contributed by atoms with E-state index < -0.39 is 30.0 Å². The van der Waals surface area contributed by atoms with Gasteiger partial charge in [-0.3, -0.25) is 14.5 Å². The maximum Gasteiger partial charge on any atom is 0.411 e. The van der Waals surface area contributed by atoms with Gasteiger partial charge in [0.15, 0.2) is 12.1 Å². The zero-order valence-electron chi connectivity index (χ0n) is 20.6. The topological polar surface area (TPSA) is 97.0 Å². The van der Waals surface area contributed by atoms with E-state index in [0.29, 0.717) is 29.0 Å². The van der Waals surface area contributed by atoms with Crippen molar-refractivity contribution in [2.24, 2.45) is 0 Å². The Morgan fingerprint density at radius 2 is 1.68 bits per heavy atom. The van der Waals surface area contributed by atoms with Crippen LogP contribution in [0.4, 0.5) is 14.9 Å². The van der Waals surface area contributed by atoms with Crippen molar-refractivity contribution < 1.29 is 28.2 Å². The molecular formula is C28H28FN3O5. The summed E-state index contributed by atoms with van der Waals surface area (Å²) < 4.78 is 24.0. The molecule has 0 aliphatic carbocycles. The molecule has 0 bridgehead atoms. The monoisotopic (exact) mass is 505 g/mol. The smallest absolute Gasteiger partial charge is 0.411 e. The molecule has 0 aromatic heterocycles. The standard InChI is InChI=1S/C28H28FN3O5/c1-18-3-7-21(8-4-18)26(33)31-23-13-9-20(10-14-23)25-24(27(34)30-15-16-36-2)32(28(35)37-25)17-19-5-11-22(29)12-6-19/h3-14,24-25H,15-17H2,1-2H3,(H,30,34)(H,31,33)/t24-,25+/m0/s1. The molecule has 9 heteroatoms. The number of carbonyl (C=O) groups excluding carboxylic acids is 3. The van der Waals surface area contributed by atoms with Crippen LogP contribution in [0.25, 0.3) is 0 Å². The zero-order valence-corrected chi connectivity index (χ0v) is 20.6. The number of nitrogens with one attached hydrogen (secondary N) is 2. The van der Waals surface area contributed by atoms with Crippen LogP contribution in [0.5, 0.6) is 0 Å². The first-order valence-electron chi connectivity index (χ1n) is 11.8. The molecule has 0 spiro atoms. The van der Waals surface area contributed by atoms with Gasteiger partial charge in [0.25, 0.3) is 5.91 Å². The van der Waals surface area contributed by atoms with E-state index in [-0.39, 0.29) is 19.0 Å². The molecular weight excluding hydrogens is 477 g/mol. The Bertz CT molecular complexity index is 1250. The van der Waals surface area contributed by atoms with Gasteiger partial charge in [0.1, 0.15) is 5.82 Å². The van der Waals surface area contributed by atoms with Gasteiger partial charge in [-0.15, -0.1) is 0 Å². The molecule has 0 unspecified atom stereocenters. The molecule has 192 valence electrons. The van der Waals surface area contributed by atoms with Gasteiger partial charge in [-0.05, 0) is 54.4 Å². The number of hydrogen-bond donors (Lipinski definition) is 2. The Labute approximate surface area is 214 Å². The number of aryl methyl sites for hydroxylation is 1. The predicted molar refractivity (Wildman–Crippen MR) is 135 cm³/mol. The van der Waals surface area contributed by atoms with Crippen molar-refractivity contribution in [3.05, 3.63) is 101 Å². The van der Waals surface area contributed by atoms with Gasteiger partial charge >= 0.3 is 6.09 Å². The highest BCUT2D eigenvalue weighted by Crippen LogP contribution is 2.34. The highest BCUT2D eigenvalue weighted by Gasteiger charge is 2.46. The maximum absolute atomic E-state index is 13.4. The lowest BCUT2D eigenvalue weighted by Gasteiger charge is -2.24. The van der Waals surface area contributed by atoms with E-state index in [4.69, 9.17) is 9.47 Å². The van der Waals surface area contributed by atoms with Crippen molar-refractivity contribution in [2.45, 2.75) is 25.6 Å². The van der Waals surface area contributed by atoms with Crippen LogP contribution in [-0.4, -0.2) is 49.1 Å². The number of amides is 3. The molecule has 2 N–H and O–H groups in total. The number of ether oxygens (including phenoxy) is 2. The third kappa shape index (κ3) is 6.31. The summed E-state index contributed by atoms with van der Waals surface area (Å²) in [6, 6.07) is 18.8. The van der Waals surface area contributed by atoms with E-state index in [0.717, 1.165) is 5.56 Å². The maximum atomic E-state index is 13.4. The summed E-state index contributed by atoms with van der Waals surface area (Å²) in [5.74, 6) is -1.04. The number of carbonyl (C=O) groups is 3. The second-order valence-corrected chi connectivity index (χ2v) is 8.73. The normalized spacial score (nSPS) is 16.8. The molecule has 3 amide bonds. The molecule has 4 rings (SSSR count). The van der Waals surface area contributed by atoms with Gasteiger partial charge in [0, 0.05) is 24.9 Å². The van der Waals surface area contributed by atoms with Crippen LogP contribution < -0.4 is 10.6 Å². The average molecular weight is 506 g/mol. The summed E-state index contributed by atoms with van der Waals surface area (Å²) in [5.41, 5.74) is 3.39. The molecule has 1 aliphatic heterocycles. The number of benzene rings is 3. The zero-order chi connectivity index (χ0) is 26.4. The summed E-state index contributed by atoms with van der Waals surface area (Å²) in [4.78, 5) is 39.8. The van der Waals surface area contributed by atoms with Crippen molar-refractivity contribution in [1.29, 1.82) is 0 Å². The van der Waals surface area contributed by atoms with Crippen molar-refractivity contribution in [3.8, 4) is 0 Å². The second kappa shape index (κ2) is 11.7. The first kappa shape index (κ1) is 25.8. The van der Waals surface area contributed by atoms with Gasteiger partial charge < -0.3 is 20.1 Å². The minimum absolute atomic E-state index is 0.0721. The SMILES string of the molecule is COCCNC(=O)[C@@H]1[C@@H](c2ccc(NC(=O)c3ccc(C)cc3)cc2)OC(=O)N1Cc1ccc(F)cc1. The Morgan fingerprint density at radius 3 is 2.32 bits per heavy atom. The summed E-state index contributed by atoms with van der Waals surface area (Å²) >= 11 is 0. The number of rotatable bonds is 9. The van der Waals surface area contributed by atoms with Gasteiger partial charge in [-0.1, -0.05) is 42.0 Å². The lowest BCUT2D eigenvalue weighted by molar-refractivity contribution is -0.126. The van der Waals surface area contributed by atoms with E-state index in [2.05, 4.69) is 10.6 Å². The first-order chi connectivity index (χ1) is 17.9. The van der Waals surface area contributed by atoms with Crippen LogP contribution in [0.15, 0.2) is 72.8 Å². The van der Waals surface area contributed by atoms with E-state index in [1.165, 1.54) is 24.1 Å². The van der Waals surface area contributed by atoms with Gasteiger partial charge in [-0.2, -0.15) is 0 Å². The lowest BCUT2D eigenvalue weighted by Crippen LogP contribution is -2.47. The number of halogens is 1. The fraction of sp³-hybridized carbons (Fsp3) is 0.250. The van der Waals surface area contributed by atoms with E-state index >= 15 is 0 Å². The van der Waals surface area contributed by atoms with Crippen LogP contribution in [0.1, 0.15) is 33.2 Å². The van der Waals surface area contributed by atoms with Gasteiger partial charge in [0.05, 0.1) is 13.2 Å². The molecule has 8 nitrogen and oxygen atoms in total. The van der Waals surface area contributed by atoms with Crippen LogP contribution in [-0.2, 0) is 20.8 Å². The summed E-state index contributed by atoms with van der Waals surface area (Å²) in [6.45, 7) is 2.59. The van der Waals surface area contributed by atoms with Crippen molar-refractivity contribution in [3.63, 3.8) is 0 Å². The molecule has 1 heterocycles. The van der Waals surface area contributed by atoms with Crippen LogP contribution in [0, 0.1) is 12.7 Å². The summed E-state index contributed by atoms with van der Waals surface area (Å²) in [5, 5.41) is 5.61. The molecule has 1 aliphatic rings. The molecule has 1 fully saturated rings. The molecule has 2 atom stereocenters. The average Bonchev–Trinajstić information content (AvgIpc) is 3.22. The van der Waals surface area contributed by atoms with E-state index in [1.807, 2.05) is 19.1 Å². The Morgan fingerprint density at radius 1 is 1.00 bits per heavy atom. The molecule has 3 aromatic rings. The minimum Gasteiger partial charge on any atom is -0.438 e. The number of nitrogens with zero attached hydrogens (tertiary/aromatic N) is 1. The highest BCUT2D eigenvalue weighted by molar-refractivity contribution is 6.04. The fourth-order valence-electron chi connectivity index (χ4n) is 4.04. The Hall–Kier alpha value is -4.24. The largest absolute Gasteiger partial charge is 0.438 e. The highest BCUT2D eigenvalue weighted by atomic mass is 19.1. The van der Waals surface area contributed by atoms with E-state index in [9.17, 15) is 18.8 Å². The Kier molecular flexibility index (Phi) is 8.15. The molecule has 3 aromatic carbocycles. The molecule has 0 radical (unpaired) electrons. The quantitative estimate of drug-likeness (QED) is 0.425.